The predicted octanol–water partition coefficient (Wildman–Crippen LogP) is 5.00. The van der Waals surface area contributed by atoms with Crippen LogP contribution in [0.2, 0.25) is 5.02 Å². The molecule has 1 aliphatic rings. The standard InChI is InChI=1S/C20H19ClN2O2S2/c21-15-5-3-14(4-6-15)20(7-9-25-10-8-20)13-23-18(24)17-12-22-19(27-17)16-2-1-11-26-16/h1-6,11-12H,7-10,13H2,(H,23,24). The number of hydrogen-bond acceptors (Lipinski definition) is 5. The number of aromatic nitrogens is 1. The van der Waals surface area contributed by atoms with Crippen LogP contribution in [0.3, 0.4) is 0 Å². The molecule has 2 aromatic heterocycles. The average Bonchev–Trinajstić information content (AvgIpc) is 3.39. The third-order valence-electron chi connectivity index (χ3n) is 4.96. The van der Waals surface area contributed by atoms with Gasteiger partial charge in [0.05, 0.1) is 11.1 Å². The van der Waals surface area contributed by atoms with Crippen molar-refractivity contribution < 1.29 is 9.53 Å². The van der Waals surface area contributed by atoms with Gasteiger partial charge in [-0.25, -0.2) is 4.98 Å². The molecule has 0 atom stereocenters. The van der Waals surface area contributed by atoms with Crippen molar-refractivity contribution in [1.29, 1.82) is 0 Å². The third-order valence-corrected chi connectivity index (χ3v) is 7.24. The number of thiazole rings is 1. The molecule has 0 unspecified atom stereocenters. The van der Waals surface area contributed by atoms with Crippen LogP contribution >= 0.6 is 34.3 Å². The van der Waals surface area contributed by atoms with E-state index in [0.717, 1.165) is 27.7 Å². The summed E-state index contributed by atoms with van der Waals surface area (Å²) in [5.41, 5.74) is 1.07. The number of rotatable bonds is 5. The van der Waals surface area contributed by atoms with E-state index < -0.39 is 0 Å². The van der Waals surface area contributed by atoms with E-state index in [1.54, 1.807) is 17.5 Å². The Balaban J connectivity index is 1.49. The number of benzene rings is 1. The molecular weight excluding hydrogens is 400 g/mol. The lowest BCUT2D eigenvalue weighted by Gasteiger charge is -2.38. The molecule has 1 fully saturated rings. The Hall–Kier alpha value is -1.73. The first-order chi connectivity index (χ1) is 13.2. The Bertz CT molecular complexity index is 900. The van der Waals surface area contributed by atoms with E-state index >= 15 is 0 Å². The Morgan fingerprint density at radius 2 is 2.00 bits per heavy atom. The molecule has 27 heavy (non-hydrogen) atoms. The SMILES string of the molecule is O=C(NCC1(c2ccc(Cl)cc2)CCOCC1)c1cnc(-c2cccs2)s1. The molecule has 0 aliphatic carbocycles. The molecule has 1 amide bonds. The van der Waals surface area contributed by atoms with Crippen molar-refractivity contribution in [1.82, 2.24) is 10.3 Å². The number of amides is 1. The van der Waals surface area contributed by atoms with Gasteiger partial charge < -0.3 is 10.1 Å². The Kier molecular flexibility index (Phi) is 5.59. The fourth-order valence-corrected chi connectivity index (χ4v) is 5.13. The van der Waals surface area contributed by atoms with Gasteiger partial charge in [-0.05, 0) is 42.0 Å². The first-order valence-corrected chi connectivity index (χ1v) is 10.9. The van der Waals surface area contributed by atoms with E-state index in [9.17, 15) is 4.79 Å². The van der Waals surface area contributed by atoms with Gasteiger partial charge in [-0.3, -0.25) is 4.79 Å². The van der Waals surface area contributed by atoms with Gasteiger partial charge in [0.1, 0.15) is 9.88 Å². The van der Waals surface area contributed by atoms with Gasteiger partial charge in [-0.2, -0.15) is 0 Å². The molecule has 1 saturated heterocycles. The Morgan fingerprint density at radius 1 is 1.22 bits per heavy atom. The van der Waals surface area contributed by atoms with Crippen LogP contribution in [0.4, 0.5) is 0 Å². The van der Waals surface area contributed by atoms with E-state index in [1.165, 1.54) is 16.9 Å². The molecule has 4 rings (SSSR count). The quantitative estimate of drug-likeness (QED) is 0.634. The van der Waals surface area contributed by atoms with Crippen LogP contribution in [0.15, 0.2) is 48.0 Å². The molecule has 1 N–H and O–H groups in total. The number of hydrogen-bond donors (Lipinski definition) is 1. The fraction of sp³-hybridized carbons (Fsp3) is 0.300. The van der Waals surface area contributed by atoms with Gasteiger partial charge >= 0.3 is 0 Å². The molecule has 3 heterocycles. The minimum absolute atomic E-state index is 0.0739. The number of carbonyl (C=O) groups is 1. The second-order valence-electron chi connectivity index (χ2n) is 6.59. The largest absolute Gasteiger partial charge is 0.381 e. The summed E-state index contributed by atoms with van der Waals surface area (Å²) in [6.45, 7) is 1.96. The Morgan fingerprint density at radius 3 is 2.70 bits per heavy atom. The third kappa shape index (κ3) is 4.09. The highest BCUT2D eigenvalue weighted by atomic mass is 35.5. The minimum atomic E-state index is -0.125. The molecule has 140 valence electrons. The van der Waals surface area contributed by atoms with Crippen molar-refractivity contribution in [3.05, 3.63) is 63.4 Å². The van der Waals surface area contributed by atoms with Crippen LogP contribution in [-0.4, -0.2) is 30.6 Å². The minimum Gasteiger partial charge on any atom is -0.381 e. The van der Waals surface area contributed by atoms with Crippen molar-refractivity contribution in [2.75, 3.05) is 19.8 Å². The molecule has 1 aliphatic heterocycles. The summed E-state index contributed by atoms with van der Waals surface area (Å²) in [6, 6.07) is 11.9. The number of nitrogens with one attached hydrogen (secondary N) is 1. The van der Waals surface area contributed by atoms with Gasteiger partial charge in [0.25, 0.3) is 5.91 Å². The average molecular weight is 419 g/mol. The molecule has 1 aromatic carbocycles. The second kappa shape index (κ2) is 8.10. The molecule has 3 aromatic rings. The lowest BCUT2D eigenvalue weighted by molar-refractivity contribution is 0.0487. The zero-order chi connectivity index (χ0) is 18.7. The van der Waals surface area contributed by atoms with Crippen molar-refractivity contribution >= 4 is 40.2 Å². The zero-order valence-corrected chi connectivity index (χ0v) is 17.0. The fourth-order valence-electron chi connectivity index (χ4n) is 3.36. The van der Waals surface area contributed by atoms with Crippen molar-refractivity contribution in [2.24, 2.45) is 0 Å². The number of ether oxygens (including phenoxy) is 1. The molecular formula is C20H19ClN2O2S2. The Labute approximate surface area is 171 Å². The van der Waals surface area contributed by atoms with E-state index in [4.69, 9.17) is 16.3 Å². The van der Waals surface area contributed by atoms with Crippen molar-refractivity contribution in [3.8, 4) is 9.88 Å². The van der Waals surface area contributed by atoms with Crippen LogP contribution in [0.1, 0.15) is 28.1 Å². The van der Waals surface area contributed by atoms with Gasteiger partial charge in [0.2, 0.25) is 0 Å². The first kappa shape index (κ1) is 18.6. The summed E-state index contributed by atoms with van der Waals surface area (Å²) >= 11 is 9.10. The van der Waals surface area contributed by atoms with Crippen LogP contribution < -0.4 is 5.32 Å². The molecule has 0 bridgehead atoms. The second-order valence-corrected chi connectivity index (χ2v) is 9.00. The maximum Gasteiger partial charge on any atom is 0.263 e. The van der Waals surface area contributed by atoms with Crippen LogP contribution in [0, 0.1) is 0 Å². The summed E-state index contributed by atoms with van der Waals surface area (Å²) < 4.78 is 5.56. The molecule has 4 nitrogen and oxygen atoms in total. The summed E-state index contributed by atoms with van der Waals surface area (Å²) in [6.07, 6.45) is 3.41. The van der Waals surface area contributed by atoms with Crippen LogP contribution in [-0.2, 0) is 10.2 Å². The maximum atomic E-state index is 12.7. The molecule has 7 heteroatoms. The number of thiophene rings is 1. The highest BCUT2D eigenvalue weighted by Crippen LogP contribution is 2.35. The van der Waals surface area contributed by atoms with E-state index in [1.807, 2.05) is 29.6 Å². The van der Waals surface area contributed by atoms with E-state index in [-0.39, 0.29) is 11.3 Å². The number of nitrogens with zero attached hydrogens (tertiary/aromatic N) is 1. The number of carbonyl (C=O) groups excluding carboxylic acids is 1. The highest BCUT2D eigenvalue weighted by molar-refractivity contribution is 7.21. The normalized spacial score (nSPS) is 16.2. The summed E-state index contributed by atoms with van der Waals surface area (Å²) in [7, 11) is 0. The zero-order valence-electron chi connectivity index (χ0n) is 14.6. The topological polar surface area (TPSA) is 51.2 Å². The monoisotopic (exact) mass is 418 g/mol. The molecule has 0 radical (unpaired) electrons. The summed E-state index contributed by atoms with van der Waals surface area (Å²) in [4.78, 5) is 18.8. The first-order valence-electron chi connectivity index (χ1n) is 8.78. The van der Waals surface area contributed by atoms with Gasteiger partial charge in [0, 0.05) is 30.2 Å². The molecule has 0 spiro atoms. The molecule has 0 saturated carbocycles. The van der Waals surface area contributed by atoms with Gasteiger partial charge in [-0.15, -0.1) is 22.7 Å². The van der Waals surface area contributed by atoms with Crippen molar-refractivity contribution in [3.63, 3.8) is 0 Å². The van der Waals surface area contributed by atoms with Gasteiger partial charge in [0.15, 0.2) is 0 Å². The van der Waals surface area contributed by atoms with Crippen LogP contribution in [0.5, 0.6) is 0 Å². The maximum absolute atomic E-state index is 12.7. The summed E-state index contributed by atoms with van der Waals surface area (Å²) in [5, 5.41) is 6.74. The van der Waals surface area contributed by atoms with Crippen LogP contribution in [0.25, 0.3) is 9.88 Å². The highest BCUT2D eigenvalue weighted by Gasteiger charge is 2.35. The van der Waals surface area contributed by atoms with E-state index in [2.05, 4.69) is 22.4 Å². The van der Waals surface area contributed by atoms with Crippen molar-refractivity contribution in [2.45, 2.75) is 18.3 Å². The number of halogens is 1. The summed E-state index contributed by atoms with van der Waals surface area (Å²) in [5.74, 6) is -0.0739. The lowest BCUT2D eigenvalue weighted by Crippen LogP contribution is -2.44. The lowest BCUT2D eigenvalue weighted by atomic mass is 9.74. The smallest absolute Gasteiger partial charge is 0.263 e. The predicted molar refractivity (Wildman–Crippen MR) is 111 cm³/mol. The van der Waals surface area contributed by atoms with E-state index in [0.29, 0.717) is 24.6 Å². The van der Waals surface area contributed by atoms with Gasteiger partial charge in [-0.1, -0.05) is 29.8 Å².